The summed E-state index contributed by atoms with van der Waals surface area (Å²) in [6.07, 6.45) is -20.5. The first kappa shape index (κ1) is 53.6. The molecule has 0 bridgehead atoms. The molecule has 68 heavy (non-hydrogen) atoms. The van der Waals surface area contributed by atoms with E-state index in [1.807, 2.05) is 13.8 Å². The number of carbonyl (C=O) groups excluding carboxylic acids is 2. The first-order valence-electron chi connectivity index (χ1n) is 24.4. The number of aliphatic hydroxyl groups excluding tert-OH is 10. The number of aliphatic hydroxyl groups is 10. The molecular weight excluding hydrogens is 893 g/mol. The van der Waals surface area contributed by atoms with Crippen molar-refractivity contribution in [1.29, 1.82) is 0 Å². The lowest BCUT2D eigenvalue weighted by Gasteiger charge is -2.71. The van der Waals surface area contributed by atoms with Crippen molar-refractivity contribution >= 4 is 11.9 Å². The van der Waals surface area contributed by atoms with Crippen LogP contribution in [0.5, 0.6) is 0 Å². The third-order valence-electron chi connectivity index (χ3n) is 18.6. The summed E-state index contributed by atoms with van der Waals surface area (Å²) in [6, 6.07) is 0. The largest absolute Gasteiger partial charge is 0.469 e. The third kappa shape index (κ3) is 8.84. The van der Waals surface area contributed by atoms with E-state index in [4.69, 9.17) is 33.2 Å². The molecule has 0 spiro atoms. The maximum atomic E-state index is 15.0. The SMILES string of the molecule is C=C(C)[C@@H]1CC[C@]2(C(=O)O[C@@H]3O[C@H](CO[C@@H]4O[C@H](CO)[C@@H](O[C@@H]5O[C@@H](C)[C@H](O)[C@@H](O)[C@H]5O)[C@H](O)[C@H]4O)[C@@H](O)[C@H](O)[C@H]3O)CC[C@]3(C)[C@H](CC(O)[C@@H]4[C@@](C)(CCC(=O)OC)[C@H](C(=C)C)CC[C@]43C)[C@@H]12. The van der Waals surface area contributed by atoms with E-state index >= 15 is 0 Å². The highest BCUT2D eigenvalue weighted by atomic mass is 16.8. The molecule has 25 atom stereocenters. The molecule has 1 unspecified atom stereocenters. The van der Waals surface area contributed by atoms with Crippen LogP contribution in [0.1, 0.15) is 99.3 Å². The molecule has 0 aromatic rings. The zero-order valence-corrected chi connectivity index (χ0v) is 40.5. The minimum atomic E-state index is -1.89. The Labute approximate surface area is 398 Å². The minimum Gasteiger partial charge on any atom is -0.469 e. The monoisotopic (exact) mass is 971 g/mol. The van der Waals surface area contributed by atoms with E-state index in [9.17, 15) is 60.7 Å². The summed E-state index contributed by atoms with van der Waals surface area (Å²) < 4.78 is 39.7. The van der Waals surface area contributed by atoms with Gasteiger partial charge in [-0.2, -0.15) is 0 Å². The average Bonchev–Trinajstić information content (AvgIpc) is 3.70. The Bertz CT molecular complexity index is 1850. The summed E-state index contributed by atoms with van der Waals surface area (Å²) in [7, 11) is 1.38. The van der Waals surface area contributed by atoms with Crippen LogP contribution in [0.2, 0.25) is 0 Å². The van der Waals surface area contributed by atoms with Crippen molar-refractivity contribution in [3.8, 4) is 0 Å². The standard InChI is InChI=1S/C49H78O19/c1-21(2)24-10-15-49(17-16-47(7)26(31(24)49)18-27(51)41-46(6,13-12-30(52)62-9)25(22(3)4)11-14-48(41,47)8)45(61)68-44-38(59)35(56)33(54)29(66-44)20-63-42-39(60)36(57)40(28(19-50)65-42)67-43-37(58)34(55)32(53)23(5)64-43/h23-29,31-44,50-51,53-60H,1,3,10-20H2,2,4-9H3/t23-,24-,25-,26+,27?,28+,29+,31+,32-,33+,34+,35-,36+,37+,38+,39+,40+,41+,42+,43-,44-,46-,47+,48+,49-/m0/s1. The summed E-state index contributed by atoms with van der Waals surface area (Å²) in [5.74, 6) is -1.64. The molecular formula is C49H78O19. The molecule has 4 aliphatic carbocycles. The van der Waals surface area contributed by atoms with Crippen LogP contribution in [-0.2, 0) is 42.7 Å². The lowest BCUT2D eigenvalue weighted by atomic mass is 9.33. The van der Waals surface area contributed by atoms with Crippen molar-refractivity contribution in [2.24, 2.45) is 51.2 Å². The van der Waals surface area contributed by atoms with Crippen LogP contribution in [0.4, 0.5) is 0 Å². The molecule has 7 fully saturated rings. The molecule has 388 valence electrons. The van der Waals surface area contributed by atoms with Crippen molar-refractivity contribution in [2.75, 3.05) is 20.3 Å². The fourth-order valence-electron chi connectivity index (χ4n) is 14.8. The zero-order chi connectivity index (χ0) is 50.2. The van der Waals surface area contributed by atoms with Gasteiger partial charge in [0.25, 0.3) is 0 Å². The van der Waals surface area contributed by atoms with Gasteiger partial charge in [0.1, 0.15) is 67.1 Å². The van der Waals surface area contributed by atoms with Crippen LogP contribution < -0.4 is 0 Å². The predicted molar refractivity (Wildman–Crippen MR) is 237 cm³/mol. The zero-order valence-electron chi connectivity index (χ0n) is 40.5. The second kappa shape index (κ2) is 20.0. The van der Waals surface area contributed by atoms with Gasteiger partial charge in [0.15, 0.2) is 12.6 Å². The van der Waals surface area contributed by atoms with Crippen LogP contribution in [0, 0.1) is 51.2 Å². The van der Waals surface area contributed by atoms with Crippen LogP contribution in [0.15, 0.2) is 24.3 Å². The average molecular weight is 971 g/mol. The van der Waals surface area contributed by atoms with Crippen molar-refractivity contribution in [3.05, 3.63) is 24.3 Å². The highest BCUT2D eigenvalue weighted by molar-refractivity contribution is 5.78. The van der Waals surface area contributed by atoms with Gasteiger partial charge in [-0.1, -0.05) is 45.1 Å². The number of esters is 2. The molecule has 0 amide bonds. The van der Waals surface area contributed by atoms with Gasteiger partial charge < -0.3 is 84.2 Å². The summed E-state index contributed by atoms with van der Waals surface area (Å²) in [6.45, 7) is 19.5. The van der Waals surface area contributed by atoms with Crippen molar-refractivity contribution in [1.82, 2.24) is 0 Å². The van der Waals surface area contributed by atoms with Crippen LogP contribution in [-0.4, -0.2) is 182 Å². The summed E-state index contributed by atoms with van der Waals surface area (Å²) in [5.41, 5.74) is -0.408. The molecule has 19 heteroatoms. The molecule has 0 aromatic carbocycles. The molecule has 3 heterocycles. The quantitative estimate of drug-likeness (QED) is 0.0880. The third-order valence-corrected chi connectivity index (χ3v) is 18.6. The Morgan fingerprint density at radius 2 is 1.34 bits per heavy atom. The predicted octanol–water partition coefficient (Wildman–Crippen LogP) is 0.343. The fourth-order valence-corrected chi connectivity index (χ4v) is 14.8. The Hall–Kier alpha value is -2.18. The van der Waals surface area contributed by atoms with Crippen LogP contribution in [0.3, 0.4) is 0 Å². The van der Waals surface area contributed by atoms with Crippen molar-refractivity contribution in [2.45, 2.75) is 198 Å². The molecule has 19 nitrogen and oxygen atoms in total. The summed E-state index contributed by atoms with van der Waals surface area (Å²) in [5, 5.41) is 109. The van der Waals surface area contributed by atoms with Crippen LogP contribution in [0.25, 0.3) is 0 Å². The molecule has 0 radical (unpaired) electrons. The first-order valence-corrected chi connectivity index (χ1v) is 24.4. The van der Waals surface area contributed by atoms with Gasteiger partial charge in [-0.15, -0.1) is 0 Å². The molecule has 0 aromatic heterocycles. The number of hydrogen-bond donors (Lipinski definition) is 10. The Morgan fingerprint density at radius 1 is 0.706 bits per heavy atom. The lowest BCUT2D eigenvalue weighted by Crippen LogP contribution is -2.68. The molecule has 3 aliphatic heterocycles. The maximum Gasteiger partial charge on any atom is 0.314 e. The van der Waals surface area contributed by atoms with Gasteiger partial charge in [0.2, 0.25) is 6.29 Å². The Balaban J connectivity index is 1.08. The lowest BCUT2D eigenvalue weighted by molar-refractivity contribution is -0.361. The smallest absolute Gasteiger partial charge is 0.314 e. The van der Waals surface area contributed by atoms with Gasteiger partial charge in [0.05, 0.1) is 37.9 Å². The number of allylic oxidation sites excluding steroid dienone is 2. The highest BCUT2D eigenvalue weighted by Crippen LogP contribution is 2.76. The number of ether oxygens (including phenoxy) is 7. The molecule has 10 N–H and O–H groups in total. The van der Waals surface area contributed by atoms with Gasteiger partial charge in [-0.3, -0.25) is 9.59 Å². The topological polar surface area (TPSA) is 301 Å². The normalized spacial score (nSPS) is 51.4. The van der Waals surface area contributed by atoms with E-state index in [-0.39, 0.29) is 47.4 Å². The van der Waals surface area contributed by atoms with E-state index in [0.29, 0.717) is 38.5 Å². The second-order valence-electron chi connectivity index (χ2n) is 22.2. The van der Waals surface area contributed by atoms with E-state index in [1.165, 1.54) is 14.0 Å². The second-order valence-corrected chi connectivity index (χ2v) is 22.2. The molecule has 4 saturated carbocycles. The maximum absolute atomic E-state index is 15.0. The van der Waals surface area contributed by atoms with E-state index < -0.39 is 134 Å². The number of fused-ring (bicyclic) bond motifs is 5. The van der Waals surface area contributed by atoms with E-state index in [1.54, 1.807) is 0 Å². The van der Waals surface area contributed by atoms with Gasteiger partial charge in [0, 0.05) is 6.42 Å². The van der Waals surface area contributed by atoms with Gasteiger partial charge >= 0.3 is 11.9 Å². The number of hydrogen-bond acceptors (Lipinski definition) is 19. The fraction of sp³-hybridized carbons (Fsp3) is 0.878. The Kier molecular flexibility index (Phi) is 15.8. The molecule has 3 saturated heterocycles. The van der Waals surface area contributed by atoms with E-state index in [2.05, 4.69) is 33.9 Å². The first-order chi connectivity index (χ1) is 31.8. The summed E-state index contributed by atoms with van der Waals surface area (Å²) >= 11 is 0. The highest BCUT2D eigenvalue weighted by Gasteiger charge is 2.73. The van der Waals surface area contributed by atoms with E-state index in [0.717, 1.165) is 24.0 Å². The molecule has 7 rings (SSSR count). The number of rotatable bonds is 13. The van der Waals surface area contributed by atoms with Crippen molar-refractivity contribution < 1.29 is 93.8 Å². The summed E-state index contributed by atoms with van der Waals surface area (Å²) in [4.78, 5) is 27.6. The van der Waals surface area contributed by atoms with Gasteiger partial charge in [-0.25, -0.2) is 0 Å². The Morgan fingerprint density at radius 3 is 1.97 bits per heavy atom. The minimum absolute atomic E-state index is 0.0730. The van der Waals surface area contributed by atoms with Crippen LogP contribution >= 0.6 is 0 Å². The van der Waals surface area contributed by atoms with Gasteiger partial charge in [-0.05, 0) is 118 Å². The number of methoxy groups -OCH3 is 1. The van der Waals surface area contributed by atoms with Crippen molar-refractivity contribution in [3.63, 3.8) is 0 Å². The number of carbonyl (C=O) groups is 2. The molecule has 7 aliphatic rings.